The largest absolute Gasteiger partial charge is 0.507 e. The summed E-state index contributed by atoms with van der Waals surface area (Å²) < 4.78 is 0. The Labute approximate surface area is 172 Å². The first kappa shape index (κ1) is 22.3. The highest BCUT2D eigenvalue weighted by Gasteiger charge is 2.26. The molecule has 2 aromatic carbocycles. The van der Waals surface area contributed by atoms with Crippen LogP contribution in [0.15, 0.2) is 36.4 Å². The zero-order valence-electron chi connectivity index (χ0n) is 18.0. The Balaban J connectivity index is 2.20. The summed E-state index contributed by atoms with van der Waals surface area (Å²) in [4.78, 5) is 12.2. The molecule has 0 saturated heterocycles. The van der Waals surface area contributed by atoms with Crippen LogP contribution in [0.25, 0.3) is 6.08 Å². The number of rotatable bonds is 4. The standard InChI is InChI=1S/C24H31NO4/c1-23(2,3)17-11-16(12-18(22(17)29)24(4,5)6)14-25-21(28)10-8-15-7-9-19(26)20(27)13-15/h7-13,26-27,29H,14H2,1-6H3,(H,25,28). The fraction of sp³-hybridized carbons (Fsp3) is 0.375. The van der Waals surface area contributed by atoms with Crippen LogP contribution in [0.2, 0.25) is 0 Å². The van der Waals surface area contributed by atoms with Gasteiger partial charge >= 0.3 is 0 Å². The van der Waals surface area contributed by atoms with Gasteiger partial charge in [-0.25, -0.2) is 0 Å². The molecule has 29 heavy (non-hydrogen) atoms. The summed E-state index contributed by atoms with van der Waals surface area (Å²) in [5, 5.41) is 32.5. The van der Waals surface area contributed by atoms with Crippen molar-refractivity contribution in [2.45, 2.75) is 58.9 Å². The number of amides is 1. The number of aromatic hydroxyl groups is 3. The van der Waals surface area contributed by atoms with Gasteiger partial charge in [-0.2, -0.15) is 0 Å². The van der Waals surface area contributed by atoms with Gasteiger partial charge in [-0.3, -0.25) is 4.79 Å². The van der Waals surface area contributed by atoms with Crippen LogP contribution in [0.1, 0.15) is 63.8 Å². The number of phenols is 3. The lowest BCUT2D eigenvalue weighted by Gasteiger charge is -2.28. The molecule has 2 rings (SSSR count). The van der Waals surface area contributed by atoms with Gasteiger partial charge in [0.2, 0.25) is 5.91 Å². The summed E-state index contributed by atoms with van der Waals surface area (Å²) >= 11 is 0. The molecule has 0 aliphatic rings. The summed E-state index contributed by atoms with van der Waals surface area (Å²) in [7, 11) is 0. The first-order valence-electron chi connectivity index (χ1n) is 9.64. The van der Waals surface area contributed by atoms with Crippen molar-refractivity contribution < 1.29 is 20.1 Å². The minimum atomic E-state index is -0.278. The average Bonchev–Trinajstić information content (AvgIpc) is 2.59. The Hall–Kier alpha value is -2.95. The van der Waals surface area contributed by atoms with E-state index in [2.05, 4.69) is 5.32 Å². The lowest BCUT2D eigenvalue weighted by molar-refractivity contribution is -0.116. The highest BCUT2D eigenvalue weighted by atomic mass is 16.3. The number of carbonyl (C=O) groups is 1. The summed E-state index contributed by atoms with van der Waals surface area (Å²) in [5.74, 6) is -0.406. The molecule has 0 bridgehead atoms. The molecule has 0 unspecified atom stereocenters. The van der Waals surface area contributed by atoms with E-state index in [1.807, 2.05) is 53.7 Å². The third kappa shape index (κ3) is 5.76. The Morgan fingerprint density at radius 2 is 1.45 bits per heavy atom. The molecule has 0 aliphatic carbocycles. The van der Waals surface area contributed by atoms with Crippen molar-refractivity contribution in [1.82, 2.24) is 5.32 Å². The third-order valence-corrected chi connectivity index (χ3v) is 4.68. The highest BCUT2D eigenvalue weighted by molar-refractivity contribution is 5.91. The van der Waals surface area contributed by atoms with Gasteiger partial charge < -0.3 is 20.6 Å². The van der Waals surface area contributed by atoms with E-state index in [0.29, 0.717) is 17.9 Å². The number of phenolic OH excluding ortho intramolecular Hbond substituents is 3. The van der Waals surface area contributed by atoms with E-state index in [0.717, 1.165) is 16.7 Å². The maximum Gasteiger partial charge on any atom is 0.244 e. The van der Waals surface area contributed by atoms with Crippen molar-refractivity contribution >= 4 is 12.0 Å². The molecule has 5 heteroatoms. The van der Waals surface area contributed by atoms with Crippen molar-refractivity contribution in [3.63, 3.8) is 0 Å². The van der Waals surface area contributed by atoms with E-state index in [-0.39, 0.29) is 28.2 Å². The van der Waals surface area contributed by atoms with Crippen LogP contribution in [-0.2, 0) is 22.2 Å². The van der Waals surface area contributed by atoms with Gasteiger partial charge in [0.15, 0.2) is 11.5 Å². The van der Waals surface area contributed by atoms with Crippen LogP contribution >= 0.6 is 0 Å². The van der Waals surface area contributed by atoms with Gasteiger partial charge in [-0.15, -0.1) is 0 Å². The van der Waals surface area contributed by atoms with Crippen molar-refractivity contribution in [3.8, 4) is 17.2 Å². The van der Waals surface area contributed by atoms with Crippen LogP contribution in [-0.4, -0.2) is 21.2 Å². The highest BCUT2D eigenvalue weighted by Crippen LogP contribution is 2.39. The maximum absolute atomic E-state index is 12.2. The van der Waals surface area contributed by atoms with Crippen molar-refractivity contribution in [2.24, 2.45) is 0 Å². The van der Waals surface area contributed by atoms with E-state index in [9.17, 15) is 20.1 Å². The molecule has 0 fully saturated rings. The van der Waals surface area contributed by atoms with Crippen LogP contribution in [0, 0.1) is 0 Å². The molecule has 0 aromatic heterocycles. The Morgan fingerprint density at radius 1 is 0.897 bits per heavy atom. The van der Waals surface area contributed by atoms with Crippen LogP contribution in [0.5, 0.6) is 17.2 Å². The summed E-state index contributed by atoms with van der Waals surface area (Å²) in [6.07, 6.45) is 2.94. The first-order valence-corrected chi connectivity index (χ1v) is 9.64. The third-order valence-electron chi connectivity index (χ3n) is 4.68. The molecule has 0 atom stereocenters. The lowest BCUT2D eigenvalue weighted by atomic mass is 9.78. The Bertz CT molecular complexity index is 896. The zero-order valence-corrected chi connectivity index (χ0v) is 18.0. The van der Waals surface area contributed by atoms with Crippen LogP contribution in [0.3, 0.4) is 0 Å². The summed E-state index contributed by atoms with van der Waals surface area (Å²) in [6, 6.07) is 8.22. The minimum absolute atomic E-state index is 0.205. The first-order chi connectivity index (χ1) is 13.3. The molecule has 0 saturated carbocycles. The van der Waals surface area contributed by atoms with E-state index in [1.165, 1.54) is 18.2 Å². The van der Waals surface area contributed by atoms with Gasteiger partial charge in [-0.05, 0) is 63.4 Å². The van der Waals surface area contributed by atoms with E-state index < -0.39 is 0 Å². The van der Waals surface area contributed by atoms with E-state index >= 15 is 0 Å². The normalized spacial score (nSPS) is 12.3. The molecule has 5 nitrogen and oxygen atoms in total. The molecular weight excluding hydrogens is 366 g/mol. The lowest BCUT2D eigenvalue weighted by Crippen LogP contribution is -2.22. The van der Waals surface area contributed by atoms with Gasteiger partial charge in [0.05, 0.1) is 0 Å². The van der Waals surface area contributed by atoms with Crippen molar-refractivity contribution in [3.05, 3.63) is 58.7 Å². The molecule has 0 heterocycles. The van der Waals surface area contributed by atoms with Gasteiger partial charge in [0, 0.05) is 12.6 Å². The van der Waals surface area contributed by atoms with Gasteiger partial charge in [0.25, 0.3) is 0 Å². The topological polar surface area (TPSA) is 89.8 Å². The monoisotopic (exact) mass is 397 g/mol. The molecule has 0 radical (unpaired) electrons. The number of carbonyl (C=O) groups excluding carboxylic acids is 1. The fourth-order valence-corrected chi connectivity index (χ4v) is 3.00. The van der Waals surface area contributed by atoms with Gasteiger partial charge in [-0.1, -0.05) is 47.6 Å². The molecule has 2 aromatic rings. The molecular formula is C24H31NO4. The number of nitrogens with one attached hydrogen (secondary N) is 1. The number of benzene rings is 2. The summed E-state index contributed by atoms with van der Waals surface area (Å²) in [5.41, 5.74) is 2.76. The molecule has 156 valence electrons. The number of hydrogen-bond acceptors (Lipinski definition) is 4. The molecule has 1 amide bonds. The minimum Gasteiger partial charge on any atom is -0.507 e. The second-order valence-corrected chi connectivity index (χ2v) is 9.34. The molecule has 0 spiro atoms. The second-order valence-electron chi connectivity index (χ2n) is 9.34. The SMILES string of the molecule is CC(C)(C)c1cc(CNC(=O)C=Cc2ccc(O)c(O)c2)cc(C(C)(C)C)c1O. The van der Waals surface area contributed by atoms with Crippen molar-refractivity contribution in [1.29, 1.82) is 0 Å². The predicted molar refractivity (Wildman–Crippen MR) is 116 cm³/mol. The molecule has 0 aliphatic heterocycles. The maximum atomic E-state index is 12.2. The van der Waals surface area contributed by atoms with Gasteiger partial charge in [0.1, 0.15) is 5.75 Å². The Morgan fingerprint density at radius 3 is 1.93 bits per heavy atom. The fourth-order valence-electron chi connectivity index (χ4n) is 3.00. The quantitative estimate of drug-likeness (QED) is 0.444. The van der Waals surface area contributed by atoms with E-state index in [4.69, 9.17) is 0 Å². The van der Waals surface area contributed by atoms with E-state index in [1.54, 1.807) is 12.1 Å². The van der Waals surface area contributed by atoms with Crippen LogP contribution < -0.4 is 5.32 Å². The smallest absolute Gasteiger partial charge is 0.244 e. The van der Waals surface area contributed by atoms with Crippen LogP contribution in [0.4, 0.5) is 0 Å². The number of hydrogen-bond donors (Lipinski definition) is 4. The zero-order chi connectivity index (χ0) is 22.0. The summed E-state index contributed by atoms with van der Waals surface area (Å²) in [6.45, 7) is 12.6. The average molecular weight is 398 g/mol. The predicted octanol–water partition coefficient (Wildman–Crippen LogP) is 4.73. The Kier molecular flexibility index (Phi) is 6.31. The second kappa shape index (κ2) is 8.19. The molecule has 4 N–H and O–H groups in total. The van der Waals surface area contributed by atoms with Crippen molar-refractivity contribution in [2.75, 3.05) is 0 Å².